The van der Waals surface area contributed by atoms with Crippen LogP contribution >= 0.6 is 0 Å². The van der Waals surface area contributed by atoms with Crippen molar-refractivity contribution < 1.29 is 8.42 Å². The number of nitrogens with one attached hydrogen (secondary N) is 1. The number of hydrogen-bond donors (Lipinski definition) is 2. The molecule has 0 aromatic carbocycles. The second-order valence-corrected chi connectivity index (χ2v) is 4.90. The Kier molecular flexibility index (Phi) is 4.05. The molecule has 0 amide bonds. The van der Waals surface area contributed by atoms with E-state index >= 15 is 0 Å². The standard InChI is InChI=1S/C9H15N3O2S/c1-2-3-5-12-15(13,14)9-7-11-6-4-8(9)10/h4,6-7,12H,2-3,5H2,1H3,(H2,10,11). The van der Waals surface area contributed by atoms with Crippen molar-refractivity contribution in [3.05, 3.63) is 18.5 Å². The van der Waals surface area contributed by atoms with Crippen LogP contribution in [0.3, 0.4) is 0 Å². The summed E-state index contributed by atoms with van der Waals surface area (Å²) in [5.41, 5.74) is 5.77. The second kappa shape index (κ2) is 5.09. The number of anilines is 1. The molecule has 0 spiro atoms. The number of pyridine rings is 1. The van der Waals surface area contributed by atoms with Crippen molar-refractivity contribution in [3.63, 3.8) is 0 Å². The monoisotopic (exact) mass is 229 g/mol. The molecule has 0 aliphatic carbocycles. The van der Waals surface area contributed by atoms with Gasteiger partial charge in [0.15, 0.2) is 0 Å². The van der Waals surface area contributed by atoms with Gasteiger partial charge in [0, 0.05) is 18.9 Å². The first-order chi connectivity index (χ1) is 7.08. The van der Waals surface area contributed by atoms with E-state index in [9.17, 15) is 8.42 Å². The number of unbranched alkanes of at least 4 members (excludes halogenated alkanes) is 1. The predicted molar refractivity (Wildman–Crippen MR) is 58.7 cm³/mol. The lowest BCUT2D eigenvalue weighted by molar-refractivity contribution is 0.578. The van der Waals surface area contributed by atoms with Crippen molar-refractivity contribution in [2.75, 3.05) is 12.3 Å². The van der Waals surface area contributed by atoms with Crippen molar-refractivity contribution in [1.29, 1.82) is 0 Å². The number of nitrogen functional groups attached to an aromatic ring is 1. The zero-order valence-corrected chi connectivity index (χ0v) is 9.42. The van der Waals surface area contributed by atoms with Crippen LogP contribution < -0.4 is 10.5 Å². The lowest BCUT2D eigenvalue weighted by Crippen LogP contribution is -2.25. The number of rotatable bonds is 5. The van der Waals surface area contributed by atoms with E-state index in [1.54, 1.807) is 0 Å². The number of hydrogen-bond acceptors (Lipinski definition) is 4. The minimum atomic E-state index is -3.50. The van der Waals surface area contributed by atoms with Crippen LogP contribution in [-0.2, 0) is 10.0 Å². The summed E-state index contributed by atoms with van der Waals surface area (Å²) in [5, 5.41) is 0. The lowest BCUT2D eigenvalue weighted by atomic mass is 10.3. The summed E-state index contributed by atoms with van der Waals surface area (Å²) in [4.78, 5) is 3.78. The third kappa shape index (κ3) is 3.17. The number of nitrogens with two attached hydrogens (primary N) is 1. The number of aromatic nitrogens is 1. The van der Waals surface area contributed by atoms with Crippen LogP contribution in [0, 0.1) is 0 Å². The van der Waals surface area contributed by atoms with Crippen molar-refractivity contribution in [2.24, 2.45) is 0 Å². The van der Waals surface area contributed by atoms with Gasteiger partial charge in [-0.05, 0) is 12.5 Å². The summed E-state index contributed by atoms with van der Waals surface area (Å²) in [6, 6.07) is 1.47. The molecule has 0 unspecified atom stereocenters. The molecule has 1 aromatic heterocycles. The van der Waals surface area contributed by atoms with Crippen molar-refractivity contribution in [2.45, 2.75) is 24.7 Å². The van der Waals surface area contributed by atoms with Crippen LogP contribution in [0.2, 0.25) is 0 Å². The van der Waals surface area contributed by atoms with Crippen molar-refractivity contribution in [1.82, 2.24) is 9.71 Å². The Labute approximate surface area is 89.8 Å². The third-order valence-corrected chi connectivity index (χ3v) is 3.43. The Morgan fingerprint density at radius 1 is 1.53 bits per heavy atom. The quantitative estimate of drug-likeness (QED) is 0.729. The van der Waals surface area contributed by atoms with Gasteiger partial charge in [0.05, 0.1) is 5.69 Å². The smallest absolute Gasteiger partial charge is 0.244 e. The van der Waals surface area contributed by atoms with Crippen LogP contribution in [-0.4, -0.2) is 19.9 Å². The van der Waals surface area contributed by atoms with E-state index in [1.165, 1.54) is 18.5 Å². The molecule has 1 heterocycles. The fourth-order valence-corrected chi connectivity index (χ4v) is 2.22. The van der Waals surface area contributed by atoms with Gasteiger partial charge in [-0.2, -0.15) is 0 Å². The molecule has 0 aliphatic heterocycles. The fraction of sp³-hybridized carbons (Fsp3) is 0.444. The predicted octanol–water partition coefficient (Wildman–Crippen LogP) is 0.742. The van der Waals surface area contributed by atoms with E-state index in [0.29, 0.717) is 6.54 Å². The second-order valence-electron chi connectivity index (χ2n) is 3.16. The van der Waals surface area contributed by atoms with Crippen LogP contribution in [0.5, 0.6) is 0 Å². The van der Waals surface area contributed by atoms with Crippen LogP contribution in [0.15, 0.2) is 23.4 Å². The van der Waals surface area contributed by atoms with E-state index in [0.717, 1.165) is 12.8 Å². The minimum absolute atomic E-state index is 0.0427. The van der Waals surface area contributed by atoms with Gasteiger partial charge in [-0.3, -0.25) is 4.98 Å². The Hall–Kier alpha value is -1.14. The van der Waals surface area contributed by atoms with E-state index in [4.69, 9.17) is 5.73 Å². The molecule has 0 saturated heterocycles. The largest absolute Gasteiger partial charge is 0.398 e. The molecule has 0 radical (unpaired) electrons. The highest BCUT2D eigenvalue weighted by Gasteiger charge is 2.16. The lowest BCUT2D eigenvalue weighted by Gasteiger charge is -2.07. The Bertz CT molecular complexity index is 417. The summed E-state index contributed by atoms with van der Waals surface area (Å²) in [7, 11) is -3.50. The van der Waals surface area contributed by atoms with Gasteiger partial charge in [0.1, 0.15) is 4.90 Å². The summed E-state index contributed by atoms with van der Waals surface area (Å²) < 4.78 is 25.9. The molecule has 1 rings (SSSR count). The average molecular weight is 229 g/mol. The van der Waals surface area contributed by atoms with Gasteiger partial charge in [-0.1, -0.05) is 13.3 Å². The first-order valence-corrected chi connectivity index (χ1v) is 6.25. The summed E-state index contributed by atoms with van der Waals surface area (Å²) in [6.07, 6.45) is 4.45. The molecule has 0 atom stereocenters. The van der Waals surface area contributed by atoms with E-state index in [2.05, 4.69) is 9.71 Å². The summed E-state index contributed by atoms with van der Waals surface area (Å²) >= 11 is 0. The van der Waals surface area contributed by atoms with E-state index in [1.807, 2.05) is 6.92 Å². The highest BCUT2D eigenvalue weighted by atomic mass is 32.2. The number of nitrogens with zero attached hydrogens (tertiary/aromatic N) is 1. The van der Waals surface area contributed by atoms with Gasteiger partial charge in [-0.15, -0.1) is 0 Å². The van der Waals surface area contributed by atoms with Gasteiger partial charge in [-0.25, -0.2) is 13.1 Å². The highest BCUT2D eigenvalue weighted by molar-refractivity contribution is 7.89. The number of sulfonamides is 1. The molecule has 84 valence electrons. The zero-order chi connectivity index (χ0) is 11.3. The van der Waals surface area contributed by atoms with Gasteiger partial charge in [0.2, 0.25) is 10.0 Å². The molecule has 0 bridgehead atoms. The van der Waals surface area contributed by atoms with Gasteiger partial charge in [0.25, 0.3) is 0 Å². The summed E-state index contributed by atoms with van der Waals surface area (Å²) in [5.74, 6) is 0. The van der Waals surface area contributed by atoms with Gasteiger partial charge < -0.3 is 5.73 Å². The maximum absolute atomic E-state index is 11.7. The molecule has 5 nitrogen and oxygen atoms in total. The zero-order valence-electron chi connectivity index (χ0n) is 8.60. The van der Waals surface area contributed by atoms with Crippen LogP contribution in [0.25, 0.3) is 0 Å². The molecule has 6 heteroatoms. The first-order valence-electron chi connectivity index (χ1n) is 4.77. The van der Waals surface area contributed by atoms with E-state index in [-0.39, 0.29) is 10.6 Å². The first kappa shape index (κ1) is 11.9. The Morgan fingerprint density at radius 2 is 2.27 bits per heavy atom. The maximum atomic E-state index is 11.7. The van der Waals surface area contributed by atoms with E-state index < -0.39 is 10.0 Å². The molecule has 0 aliphatic rings. The highest BCUT2D eigenvalue weighted by Crippen LogP contribution is 2.15. The van der Waals surface area contributed by atoms with Crippen molar-refractivity contribution in [3.8, 4) is 0 Å². The Morgan fingerprint density at radius 3 is 2.87 bits per heavy atom. The molecule has 0 saturated carbocycles. The fourth-order valence-electron chi connectivity index (χ4n) is 1.08. The molecule has 3 N–H and O–H groups in total. The molecular weight excluding hydrogens is 214 g/mol. The Balaban J connectivity index is 2.83. The molecule has 1 aromatic rings. The SMILES string of the molecule is CCCCNS(=O)(=O)c1cnccc1N. The third-order valence-electron chi connectivity index (χ3n) is 1.93. The van der Waals surface area contributed by atoms with Gasteiger partial charge >= 0.3 is 0 Å². The van der Waals surface area contributed by atoms with Crippen LogP contribution in [0.4, 0.5) is 5.69 Å². The normalized spacial score (nSPS) is 11.5. The topological polar surface area (TPSA) is 85.1 Å². The van der Waals surface area contributed by atoms with Crippen LogP contribution in [0.1, 0.15) is 19.8 Å². The maximum Gasteiger partial charge on any atom is 0.244 e. The van der Waals surface area contributed by atoms with Crippen molar-refractivity contribution >= 4 is 15.7 Å². The molecule has 15 heavy (non-hydrogen) atoms. The summed E-state index contributed by atoms with van der Waals surface area (Å²) in [6.45, 7) is 2.42. The average Bonchev–Trinajstić information content (AvgIpc) is 2.18. The molecular formula is C9H15N3O2S. The minimum Gasteiger partial charge on any atom is -0.398 e. The molecule has 0 fully saturated rings.